The standard InChI is InChI=1S/C25H29Cl2F3N4O3/c1-24(8-2-9-24)14-33(10-7-17-19(26)12-31-13-20(17)27)22(35)18-11-32-34(21(18)25(28,29)30)16-5-3-15(4-6-16)23(36)37/h11-13,15-16H,2-10,14H2,1H3,(H,36,37). The number of hydrogen-bond donors (Lipinski definition) is 1. The Labute approximate surface area is 222 Å². The number of amides is 1. The van der Waals surface area contributed by atoms with Gasteiger partial charge in [0, 0.05) is 25.5 Å². The number of aliphatic carboxylic acids is 1. The lowest BCUT2D eigenvalue weighted by Crippen LogP contribution is -2.44. The van der Waals surface area contributed by atoms with Gasteiger partial charge in [-0.05, 0) is 55.9 Å². The number of halogens is 5. The van der Waals surface area contributed by atoms with E-state index >= 15 is 0 Å². The van der Waals surface area contributed by atoms with Gasteiger partial charge < -0.3 is 10.0 Å². The summed E-state index contributed by atoms with van der Waals surface area (Å²) in [7, 11) is 0. The molecule has 4 rings (SSSR count). The maximum Gasteiger partial charge on any atom is 0.433 e. The highest BCUT2D eigenvalue weighted by atomic mass is 35.5. The topological polar surface area (TPSA) is 88.3 Å². The van der Waals surface area contributed by atoms with Crippen molar-refractivity contribution >= 4 is 35.1 Å². The van der Waals surface area contributed by atoms with Crippen LogP contribution in [0.2, 0.25) is 10.0 Å². The van der Waals surface area contributed by atoms with Crippen molar-refractivity contribution in [2.75, 3.05) is 13.1 Å². The van der Waals surface area contributed by atoms with Gasteiger partial charge in [0.2, 0.25) is 0 Å². The molecule has 1 amide bonds. The Bertz CT molecular complexity index is 1140. The summed E-state index contributed by atoms with van der Waals surface area (Å²) < 4.78 is 43.9. The van der Waals surface area contributed by atoms with Crippen LogP contribution >= 0.6 is 23.2 Å². The molecule has 202 valence electrons. The van der Waals surface area contributed by atoms with Crippen molar-refractivity contribution in [1.29, 1.82) is 0 Å². The number of carboxylic acids is 1. The molecular weight excluding hydrogens is 532 g/mol. The highest BCUT2D eigenvalue weighted by Gasteiger charge is 2.44. The van der Waals surface area contributed by atoms with E-state index in [1.165, 1.54) is 17.3 Å². The van der Waals surface area contributed by atoms with Crippen LogP contribution in [0.4, 0.5) is 13.2 Å². The predicted octanol–water partition coefficient (Wildman–Crippen LogP) is 6.29. The van der Waals surface area contributed by atoms with Gasteiger partial charge in [-0.25, -0.2) is 0 Å². The summed E-state index contributed by atoms with van der Waals surface area (Å²) in [6.07, 6.45) is 3.11. The number of carbonyl (C=O) groups is 2. The SMILES string of the molecule is CC1(CN(CCc2c(Cl)cncc2Cl)C(=O)c2cnn(C3CCC(C(=O)O)CC3)c2C(F)(F)F)CCC1. The molecule has 1 N–H and O–H groups in total. The smallest absolute Gasteiger partial charge is 0.433 e. The summed E-state index contributed by atoms with van der Waals surface area (Å²) in [5, 5.41) is 13.9. The number of carboxylic acid groups (broad SMARTS) is 1. The molecule has 12 heteroatoms. The minimum absolute atomic E-state index is 0.129. The van der Waals surface area contributed by atoms with E-state index in [-0.39, 0.29) is 44.1 Å². The zero-order chi connectivity index (χ0) is 27.0. The number of alkyl halides is 3. The fourth-order valence-electron chi connectivity index (χ4n) is 5.39. The summed E-state index contributed by atoms with van der Waals surface area (Å²) >= 11 is 12.5. The van der Waals surface area contributed by atoms with Crippen LogP contribution in [0, 0.1) is 11.3 Å². The van der Waals surface area contributed by atoms with Crippen molar-refractivity contribution in [3.05, 3.63) is 45.5 Å². The highest BCUT2D eigenvalue weighted by Crippen LogP contribution is 2.42. The third-order valence-electron chi connectivity index (χ3n) is 7.69. The van der Waals surface area contributed by atoms with Crippen LogP contribution in [0.5, 0.6) is 0 Å². The lowest BCUT2D eigenvalue weighted by atomic mass is 9.70. The average molecular weight is 561 g/mol. The van der Waals surface area contributed by atoms with Crippen LogP contribution in [0.3, 0.4) is 0 Å². The molecule has 0 spiro atoms. The van der Waals surface area contributed by atoms with Crippen molar-refractivity contribution in [2.24, 2.45) is 11.3 Å². The lowest BCUT2D eigenvalue weighted by Gasteiger charge is -2.42. The van der Waals surface area contributed by atoms with Crippen LogP contribution in [-0.4, -0.2) is 49.7 Å². The molecule has 37 heavy (non-hydrogen) atoms. The zero-order valence-corrected chi connectivity index (χ0v) is 21.9. The molecule has 2 saturated carbocycles. The van der Waals surface area contributed by atoms with Gasteiger partial charge in [-0.2, -0.15) is 18.3 Å². The maximum absolute atomic E-state index is 14.3. The minimum Gasteiger partial charge on any atom is -0.481 e. The Morgan fingerprint density at radius 3 is 2.27 bits per heavy atom. The van der Waals surface area contributed by atoms with Crippen LogP contribution < -0.4 is 0 Å². The normalized spacial score (nSPS) is 21.4. The highest BCUT2D eigenvalue weighted by molar-refractivity contribution is 6.35. The fourth-order valence-corrected chi connectivity index (χ4v) is 5.94. The molecule has 0 aliphatic heterocycles. The molecule has 0 unspecified atom stereocenters. The molecule has 2 aliphatic carbocycles. The van der Waals surface area contributed by atoms with E-state index < -0.39 is 41.3 Å². The Morgan fingerprint density at radius 1 is 1.14 bits per heavy atom. The van der Waals surface area contributed by atoms with Crippen molar-refractivity contribution < 1.29 is 27.9 Å². The molecule has 2 fully saturated rings. The van der Waals surface area contributed by atoms with E-state index in [1.807, 2.05) is 6.92 Å². The summed E-state index contributed by atoms with van der Waals surface area (Å²) in [6.45, 7) is 2.46. The van der Waals surface area contributed by atoms with E-state index in [0.29, 0.717) is 22.2 Å². The van der Waals surface area contributed by atoms with E-state index in [2.05, 4.69) is 10.1 Å². The minimum atomic E-state index is -4.81. The van der Waals surface area contributed by atoms with Gasteiger partial charge in [0.15, 0.2) is 5.69 Å². The molecular formula is C25H29Cl2F3N4O3. The summed E-state index contributed by atoms with van der Waals surface area (Å²) in [5.74, 6) is -2.26. The lowest BCUT2D eigenvalue weighted by molar-refractivity contribution is -0.147. The van der Waals surface area contributed by atoms with Gasteiger partial charge >= 0.3 is 12.1 Å². The first-order chi connectivity index (χ1) is 17.4. The van der Waals surface area contributed by atoms with Crippen LogP contribution in [0.25, 0.3) is 0 Å². The quantitative estimate of drug-likeness (QED) is 0.409. The maximum atomic E-state index is 14.3. The first kappa shape index (κ1) is 27.7. The molecule has 7 nitrogen and oxygen atoms in total. The van der Waals surface area contributed by atoms with Crippen LogP contribution in [0.15, 0.2) is 18.6 Å². The van der Waals surface area contributed by atoms with Gasteiger partial charge in [-0.15, -0.1) is 0 Å². The Morgan fingerprint density at radius 2 is 1.76 bits per heavy atom. The van der Waals surface area contributed by atoms with Gasteiger partial charge in [0.25, 0.3) is 5.91 Å². The summed E-state index contributed by atoms with van der Waals surface area (Å²) in [4.78, 5) is 30.3. The monoisotopic (exact) mass is 560 g/mol. The van der Waals surface area contributed by atoms with E-state index in [1.54, 1.807) is 0 Å². The molecule has 0 saturated heterocycles. The number of aromatic nitrogens is 3. The van der Waals surface area contributed by atoms with Crippen molar-refractivity contribution in [1.82, 2.24) is 19.7 Å². The van der Waals surface area contributed by atoms with E-state index in [0.717, 1.165) is 30.1 Å². The third kappa shape index (κ3) is 6.06. The second-order valence-corrected chi connectivity index (χ2v) is 11.2. The number of rotatable bonds is 8. The van der Waals surface area contributed by atoms with Crippen molar-refractivity contribution in [2.45, 2.75) is 70.5 Å². The average Bonchev–Trinajstić information content (AvgIpc) is 3.27. The number of carbonyl (C=O) groups excluding carboxylic acids is 1. The molecule has 2 aliphatic rings. The summed E-state index contributed by atoms with van der Waals surface area (Å²) in [5.41, 5.74) is -1.18. The van der Waals surface area contributed by atoms with Gasteiger partial charge in [-0.3, -0.25) is 19.3 Å². The Balaban J connectivity index is 1.62. The van der Waals surface area contributed by atoms with Crippen LogP contribution in [0.1, 0.15) is 79.5 Å². The number of pyridine rings is 1. The predicted molar refractivity (Wildman–Crippen MR) is 132 cm³/mol. The molecule has 0 bridgehead atoms. The molecule has 0 radical (unpaired) electrons. The van der Waals surface area contributed by atoms with Crippen LogP contribution in [-0.2, 0) is 17.4 Å². The first-order valence-corrected chi connectivity index (χ1v) is 13.1. The molecule has 0 aromatic carbocycles. The van der Waals surface area contributed by atoms with E-state index in [9.17, 15) is 27.9 Å². The molecule has 2 aromatic rings. The summed E-state index contributed by atoms with van der Waals surface area (Å²) in [6, 6.07) is -0.624. The second kappa shape index (κ2) is 10.8. The molecule has 2 heterocycles. The van der Waals surface area contributed by atoms with Crippen molar-refractivity contribution in [3.8, 4) is 0 Å². The van der Waals surface area contributed by atoms with Crippen molar-refractivity contribution in [3.63, 3.8) is 0 Å². The Kier molecular flexibility index (Phi) is 8.09. The largest absolute Gasteiger partial charge is 0.481 e. The first-order valence-electron chi connectivity index (χ1n) is 12.3. The third-order valence-corrected chi connectivity index (χ3v) is 8.34. The van der Waals surface area contributed by atoms with Gasteiger partial charge in [-0.1, -0.05) is 36.5 Å². The molecule has 2 aromatic heterocycles. The van der Waals surface area contributed by atoms with Gasteiger partial charge in [0.1, 0.15) is 0 Å². The van der Waals surface area contributed by atoms with E-state index in [4.69, 9.17) is 23.2 Å². The Hall–Kier alpha value is -2.33. The van der Waals surface area contributed by atoms with Gasteiger partial charge in [0.05, 0.1) is 33.8 Å². The molecule has 0 atom stereocenters. The zero-order valence-electron chi connectivity index (χ0n) is 20.4. The fraction of sp³-hybridized carbons (Fsp3) is 0.600. The number of hydrogen-bond acceptors (Lipinski definition) is 4. The number of nitrogens with zero attached hydrogens (tertiary/aromatic N) is 4. The second-order valence-electron chi connectivity index (χ2n) is 10.4.